The van der Waals surface area contributed by atoms with Crippen LogP contribution in [0.1, 0.15) is 23.5 Å². The molecule has 0 aliphatic carbocycles. The van der Waals surface area contributed by atoms with Gasteiger partial charge in [-0.2, -0.15) is 0 Å². The summed E-state index contributed by atoms with van der Waals surface area (Å²) in [5.74, 6) is 2.63. The van der Waals surface area contributed by atoms with Gasteiger partial charge < -0.3 is 23.7 Å². The number of hydrogen-bond donors (Lipinski definition) is 0. The fourth-order valence-corrected chi connectivity index (χ4v) is 3.12. The molecule has 0 aromatic heterocycles. The highest BCUT2D eigenvalue weighted by molar-refractivity contribution is 5.79. The van der Waals surface area contributed by atoms with Gasteiger partial charge in [0.15, 0.2) is 11.5 Å². The van der Waals surface area contributed by atoms with E-state index in [0.717, 1.165) is 11.1 Å². The molecule has 0 bridgehead atoms. The number of carbonyl (C=O) groups excluding carboxylic acids is 1. The largest absolute Gasteiger partial charge is 0.497 e. The van der Waals surface area contributed by atoms with Crippen molar-refractivity contribution in [3.05, 3.63) is 41.5 Å². The molecule has 0 spiro atoms. The predicted octanol–water partition coefficient (Wildman–Crippen LogP) is 2.87. The highest BCUT2D eigenvalue weighted by Gasteiger charge is 2.33. The highest BCUT2D eigenvalue weighted by atomic mass is 16.7. The molecule has 6 heteroatoms. The van der Waals surface area contributed by atoms with Crippen LogP contribution in [0.5, 0.6) is 28.7 Å². The van der Waals surface area contributed by atoms with Crippen LogP contribution in [0.15, 0.2) is 30.3 Å². The summed E-state index contributed by atoms with van der Waals surface area (Å²) < 4.78 is 26.9. The van der Waals surface area contributed by atoms with Gasteiger partial charge in [-0.05, 0) is 12.1 Å². The first-order valence-electron chi connectivity index (χ1n) is 7.55. The molecule has 1 atom stereocenters. The molecule has 0 radical (unpaired) electrons. The van der Waals surface area contributed by atoms with Crippen molar-refractivity contribution in [1.29, 1.82) is 0 Å². The maximum Gasteiger partial charge on any atom is 0.312 e. The quantitative estimate of drug-likeness (QED) is 0.638. The zero-order valence-electron chi connectivity index (χ0n) is 13.3. The fraction of sp³-hybridized carbons (Fsp3) is 0.278. The van der Waals surface area contributed by atoms with Crippen molar-refractivity contribution in [3.8, 4) is 28.7 Å². The summed E-state index contributed by atoms with van der Waals surface area (Å²) in [4.78, 5) is 12.1. The number of ether oxygens (including phenoxy) is 5. The summed E-state index contributed by atoms with van der Waals surface area (Å²) in [5.41, 5.74) is 1.78. The second-order valence-electron chi connectivity index (χ2n) is 5.58. The van der Waals surface area contributed by atoms with Crippen molar-refractivity contribution in [3.63, 3.8) is 0 Å². The van der Waals surface area contributed by atoms with Gasteiger partial charge in [-0.15, -0.1) is 0 Å². The van der Waals surface area contributed by atoms with E-state index >= 15 is 0 Å². The Morgan fingerprint density at radius 2 is 1.75 bits per heavy atom. The van der Waals surface area contributed by atoms with E-state index in [9.17, 15) is 4.79 Å². The smallest absolute Gasteiger partial charge is 0.312 e. The Morgan fingerprint density at radius 1 is 0.958 bits per heavy atom. The van der Waals surface area contributed by atoms with Gasteiger partial charge in [0.1, 0.15) is 17.2 Å². The Bertz CT molecular complexity index is 813. The molecule has 2 aliphatic rings. The number of rotatable bonds is 3. The van der Waals surface area contributed by atoms with Gasteiger partial charge in [-0.1, -0.05) is 6.07 Å². The van der Waals surface area contributed by atoms with Crippen molar-refractivity contribution < 1.29 is 28.5 Å². The summed E-state index contributed by atoms with van der Waals surface area (Å²) in [6, 6.07) is 9.15. The highest BCUT2D eigenvalue weighted by Crippen LogP contribution is 2.47. The van der Waals surface area contributed by atoms with Crippen LogP contribution in [0, 0.1) is 0 Å². The van der Waals surface area contributed by atoms with Gasteiger partial charge in [-0.3, -0.25) is 4.79 Å². The first kappa shape index (κ1) is 14.7. The van der Waals surface area contributed by atoms with Crippen LogP contribution in [0.2, 0.25) is 0 Å². The van der Waals surface area contributed by atoms with Crippen molar-refractivity contribution >= 4 is 5.97 Å². The van der Waals surface area contributed by atoms with E-state index in [1.54, 1.807) is 20.3 Å². The molecule has 2 aliphatic heterocycles. The standard InChI is InChI=1S/C18H16O6/c1-20-10-3-4-11(14(5-10)21-2)12-7-18(19)24-15-8-17-16(6-13(12)15)22-9-23-17/h3-6,8,12H,7,9H2,1-2H3/t12-/m0/s1. The summed E-state index contributed by atoms with van der Waals surface area (Å²) in [7, 11) is 3.20. The van der Waals surface area contributed by atoms with E-state index in [0.29, 0.717) is 28.7 Å². The lowest BCUT2D eigenvalue weighted by Gasteiger charge is -2.26. The zero-order valence-corrected chi connectivity index (χ0v) is 13.3. The predicted molar refractivity (Wildman–Crippen MR) is 84.2 cm³/mol. The Hall–Kier alpha value is -2.89. The number of benzene rings is 2. The second-order valence-corrected chi connectivity index (χ2v) is 5.58. The van der Waals surface area contributed by atoms with Gasteiger partial charge >= 0.3 is 5.97 Å². The SMILES string of the molecule is COc1ccc([C@@H]2CC(=O)Oc3cc4c(cc32)OCO4)c(OC)c1. The van der Waals surface area contributed by atoms with Gasteiger partial charge in [0.25, 0.3) is 0 Å². The first-order chi connectivity index (χ1) is 11.7. The molecule has 2 aromatic carbocycles. The van der Waals surface area contributed by atoms with Gasteiger partial charge in [0, 0.05) is 29.2 Å². The minimum absolute atomic E-state index is 0.169. The van der Waals surface area contributed by atoms with E-state index in [-0.39, 0.29) is 25.1 Å². The molecule has 4 rings (SSSR count). The van der Waals surface area contributed by atoms with Gasteiger partial charge in [0.2, 0.25) is 6.79 Å². The third kappa shape index (κ3) is 2.31. The Labute approximate surface area is 138 Å². The molecule has 0 N–H and O–H groups in total. The molecule has 0 saturated carbocycles. The minimum atomic E-state index is -0.288. The Kier molecular flexibility index (Phi) is 3.45. The minimum Gasteiger partial charge on any atom is -0.497 e. The molecule has 0 unspecified atom stereocenters. The van der Waals surface area contributed by atoms with E-state index in [1.165, 1.54) is 0 Å². The van der Waals surface area contributed by atoms with Gasteiger partial charge in [0.05, 0.1) is 20.6 Å². The van der Waals surface area contributed by atoms with Crippen molar-refractivity contribution in [2.75, 3.05) is 21.0 Å². The third-order valence-electron chi connectivity index (χ3n) is 4.29. The summed E-state index contributed by atoms with van der Waals surface area (Å²) >= 11 is 0. The average Bonchev–Trinajstić information content (AvgIpc) is 3.06. The number of methoxy groups -OCH3 is 2. The number of fused-ring (bicyclic) bond motifs is 2. The average molecular weight is 328 g/mol. The van der Waals surface area contributed by atoms with Crippen LogP contribution in [-0.4, -0.2) is 27.0 Å². The molecular weight excluding hydrogens is 312 g/mol. The first-order valence-corrected chi connectivity index (χ1v) is 7.55. The van der Waals surface area contributed by atoms with E-state index in [4.69, 9.17) is 23.7 Å². The normalized spacial score (nSPS) is 17.9. The molecule has 2 aromatic rings. The van der Waals surface area contributed by atoms with Crippen molar-refractivity contribution in [2.45, 2.75) is 12.3 Å². The van der Waals surface area contributed by atoms with Crippen LogP contribution >= 0.6 is 0 Å². The van der Waals surface area contributed by atoms with Crippen molar-refractivity contribution in [1.82, 2.24) is 0 Å². The monoisotopic (exact) mass is 328 g/mol. The maximum absolute atomic E-state index is 12.1. The van der Waals surface area contributed by atoms with Gasteiger partial charge in [-0.25, -0.2) is 0 Å². The molecule has 124 valence electrons. The van der Waals surface area contributed by atoms with E-state index in [2.05, 4.69) is 0 Å². The van der Waals surface area contributed by atoms with Crippen LogP contribution in [0.3, 0.4) is 0 Å². The van der Waals surface area contributed by atoms with E-state index < -0.39 is 0 Å². The Morgan fingerprint density at radius 3 is 2.50 bits per heavy atom. The van der Waals surface area contributed by atoms with Crippen LogP contribution in [0.4, 0.5) is 0 Å². The molecule has 0 saturated heterocycles. The summed E-state index contributed by atoms with van der Waals surface area (Å²) in [5, 5.41) is 0. The Balaban J connectivity index is 1.84. The van der Waals surface area contributed by atoms with Crippen LogP contribution < -0.4 is 23.7 Å². The van der Waals surface area contributed by atoms with E-state index in [1.807, 2.05) is 24.3 Å². The maximum atomic E-state index is 12.1. The van der Waals surface area contributed by atoms with Crippen LogP contribution in [-0.2, 0) is 4.79 Å². The lowest BCUT2D eigenvalue weighted by Crippen LogP contribution is -2.21. The number of esters is 1. The lowest BCUT2D eigenvalue weighted by molar-refractivity contribution is -0.135. The summed E-state index contributed by atoms with van der Waals surface area (Å²) in [6.45, 7) is 0.169. The molecule has 24 heavy (non-hydrogen) atoms. The number of hydrogen-bond acceptors (Lipinski definition) is 6. The fourth-order valence-electron chi connectivity index (χ4n) is 3.12. The topological polar surface area (TPSA) is 63.2 Å². The zero-order chi connectivity index (χ0) is 16.7. The molecular formula is C18H16O6. The van der Waals surface area contributed by atoms with Crippen LogP contribution in [0.25, 0.3) is 0 Å². The molecule has 0 amide bonds. The third-order valence-corrected chi connectivity index (χ3v) is 4.29. The molecule has 2 heterocycles. The number of carbonyl (C=O) groups is 1. The molecule has 0 fully saturated rings. The second kappa shape index (κ2) is 5.63. The summed E-state index contributed by atoms with van der Waals surface area (Å²) in [6.07, 6.45) is 0.231. The van der Waals surface area contributed by atoms with Crippen molar-refractivity contribution in [2.24, 2.45) is 0 Å². The lowest BCUT2D eigenvalue weighted by atomic mass is 9.85. The molecule has 6 nitrogen and oxygen atoms in total.